The largest absolute Gasteiger partial charge is 0.334 e. The maximum absolute atomic E-state index is 12.2. The molecule has 0 N–H and O–H groups in total. The van der Waals surface area contributed by atoms with Gasteiger partial charge in [0, 0.05) is 30.4 Å². The summed E-state index contributed by atoms with van der Waals surface area (Å²) in [5, 5.41) is 0.438. The highest BCUT2D eigenvalue weighted by atomic mass is 35.5. The van der Waals surface area contributed by atoms with Crippen LogP contribution in [-0.4, -0.2) is 22.3 Å². The second-order valence-electron chi connectivity index (χ2n) is 4.59. The molecule has 2 aromatic rings. The van der Waals surface area contributed by atoms with Gasteiger partial charge in [-0.1, -0.05) is 41.9 Å². The predicted octanol–water partition coefficient (Wildman–Crippen LogP) is 2.93. The molecular weight excluding hydrogens is 260 g/mol. The van der Waals surface area contributed by atoms with Crippen molar-refractivity contribution >= 4 is 17.5 Å². The number of aromatic nitrogens is 1. The zero-order valence-corrected chi connectivity index (χ0v) is 11.1. The van der Waals surface area contributed by atoms with E-state index in [4.69, 9.17) is 11.6 Å². The van der Waals surface area contributed by atoms with Crippen LogP contribution in [0, 0.1) is 0 Å². The summed E-state index contributed by atoms with van der Waals surface area (Å²) in [4.78, 5) is 18.1. The number of nitrogens with zero attached hydrogens (tertiary/aromatic N) is 2. The van der Waals surface area contributed by atoms with Gasteiger partial charge in [0.25, 0.3) is 5.91 Å². The van der Waals surface area contributed by atoms with Crippen molar-refractivity contribution in [1.82, 2.24) is 9.88 Å². The Morgan fingerprint density at radius 3 is 2.74 bits per heavy atom. The summed E-state index contributed by atoms with van der Waals surface area (Å²) in [6.07, 6.45) is 2.44. The zero-order valence-electron chi connectivity index (χ0n) is 10.3. The van der Waals surface area contributed by atoms with E-state index in [-0.39, 0.29) is 5.91 Å². The second kappa shape index (κ2) is 5.02. The van der Waals surface area contributed by atoms with Gasteiger partial charge >= 0.3 is 0 Å². The van der Waals surface area contributed by atoms with Gasteiger partial charge in [0.05, 0.1) is 0 Å². The zero-order chi connectivity index (χ0) is 13.2. The molecule has 0 saturated heterocycles. The van der Waals surface area contributed by atoms with E-state index in [2.05, 4.69) is 17.1 Å². The molecule has 1 aromatic heterocycles. The third-order valence-electron chi connectivity index (χ3n) is 3.38. The standard InChI is InChI=1S/C15H13ClN2O/c16-14-13-10-18(15(19)12(13)6-8-17-14)9-7-11-4-2-1-3-5-11/h1-6,8H,7,9-10H2. The van der Waals surface area contributed by atoms with Gasteiger partial charge in [0.2, 0.25) is 0 Å². The first kappa shape index (κ1) is 12.2. The summed E-state index contributed by atoms with van der Waals surface area (Å²) in [6.45, 7) is 1.27. The van der Waals surface area contributed by atoms with Crippen molar-refractivity contribution in [3.05, 3.63) is 64.4 Å². The van der Waals surface area contributed by atoms with Crippen LogP contribution in [0.5, 0.6) is 0 Å². The molecule has 19 heavy (non-hydrogen) atoms. The molecule has 1 aromatic carbocycles. The Balaban J connectivity index is 1.72. The number of carbonyl (C=O) groups is 1. The van der Waals surface area contributed by atoms with Crippen LogP contribution in [0.2, 0.25) is 5.15 Å². The van der Waals surface area contributed by atoms with Crippen LogP contribution in [0.25, 0.3) is 0 Å². The predicted molar refractivity (Wildman–Crippen MR) is 74.1 cm³/mol. The maximum atomic E-state index is 12.2. The molecule has 0 saturated carbocycles. The minimum Gasteiger partial charge on any atom is -0.334 e. The van der Waals surface area contributed by atoms with Crippen LogP contribution in [0.4, 0.5) is 0 Å². The van der Waals surface area contributed by atoms with Crippen molar-refractivity contribution in [2.24, 2.45) is 0 Å². The number of fused-ring (bicyclic) bond motifs is 1. The molecule has 2 heterocycles. The Kier molecular flexibility index (Phi) is 3.22. The van der Waals surface area contributed by atoms with Crippen LogP contribution in [0.15, 0.2) is 42.6 Å². The van der Waals surface area contributed by atoms with Gasteiger partial charge in [-0.2, -0.15) is 0 Å². The minimum atomic E-state index is 0.0511. The van der Waals surface area contributed by atoms with Gasteiger partial charge in [-0.15, -0.1) is 0 Å². The van der Waals surface area contributed by atoms with Crippen molar-refractivity contribution < 1.29 is 4.79 Å². The highest BCUT2D eigenvalue weighted by Gasteiger charge is 2.28. The molecule has 0 bridgehead atoms. The SMILES string of the molecule is O=C1c2ccnc(Cl)c2CN1CCc1ccccc1. The van der Waals surface area contributed by atoms with Gasteiger partial charge < -0.3 is 4.90 Å². The highest BCUT2D eigenvalue weighted by Crippen LogP contribution is 2.27. The number of carbonyl (C=O) groups excluding carboxylic acids is 1. The van der Waals surface area contributed by atoms with Crippen molar-refractivity contribution in [3.63, 3.8) is 0 Å². The molecule has 1 aliphatic heterocycles. The summed E-state index contributed by atoms with van der Waals surface area (Å²) in [6, 6.07) is 11.9. The lowest BCUT2D eigenvalue weighted by molar-refractivity contribution is 0.0780. The number of amides is 1. The number of hydrogen-bond donors (Lipinski definition) is 0. The van der Waals surface area contributed by atoms with Gasteiger partial charge in [-0.25, -0.2) is 4.98 Å². The first-order valence-electron chi connectivity index (χ1n) is 6.22. The van der Waals surface area contributed by atoms with E-state index in [0.29, 0.717) is 23.8 Å². The smallest absolute Gasteiger partial charge is 0.254 e. The summed E-state index contributed by atoms with van der Waals surface area (Å²) in [7, 11) is 0. The Hall–Kier alpha value is -1.87. The Labute approximate surface area is 116 Å². The third kappa shape index (κ3) is 2.34. The molecule has 3 rings (SSSR count). The molecule has 3 nitrogen and oxygen atoms in total. The van der Waals surface area contributed by atoms with E-state index >= 15 is 0 Å². The van der Waals surface area contributed by atoms with E-state index in [1.165, 1.54) is 5.56 Å². The van der Waals surface area contributed by atoms with Crippen LogP contribution in [0.1, 0.15) is 21.5 Å². The lowest BCUT2D eigenvalue weighted by Gasteiger charge is -2.15. The van der Waals surface area contributed by atoms with Gasteiger partial charge in [-0.05, 0) is 18.1 Å². The number of halogens is 1. The fourth-order valence-corrected chi connectivity index (χ4v) is 2.56. The molecule has 1 aliphatic rings. The average Bonchev–Trinajstić information content (AvgIpc) is 2.77. The monoisotopic (exact) mass is 272 g/mol. The molecule has 0 spiro atoms. The molecule has 96 valence electrons. The normalized spacial score (nSPS) is 13.7. The Morgan fingerprint density at radius 2 is 2.00 bits per heavy atom. The van der Waals surface area contributed by atoms with Crippen molar-refractivity contribution in [2.45, 2.75) is 13.0 Å². The second-order valence-corrected chi connectivity index (χ2v) is 4.95. The topological polar surface area (TPSA) is 33.2 Å². The van der Waals surface area contributed by atoms with E-state index in [9.17, 15) is 4.79 Å². The lowest BCUT2D eigenvalue weighted by Crippen LogP contribution is -2.26. The quantitative estimate of drug-likeness (QED) is 0.805. The van der Waals surface area contributed by atoms with E-state index in [1.807, 2.05) is 23.1 Å². The minimum absolute atomic E-state index is 0.0511. The summed E-state index contributed by atoms with van der Waals surface area (Å²) >= 11 is 6.03. The van der Waals surface area contributed by atoms with Gasteiger partial charge in [0.1, 0.15) is 5.15 Å². The van der Waals surface area contributed by atoms with Crippen LogP contribution in [0.3, 0.4) is 0 Å². The fraction of sp³-hybridized carbons (Fsp3) is 0.200. The van der Waals surface area contributed by atoms with E-state index < -0.39 is 0 Å². The van der Waals surface area contributed by atoms with Crippen LogP contribution < -0.4 is 0 Å². The summed E-state index contributed by atoms with van der Waals surface area (Å²) in [5.74, 6) is 0.0511. The van der Waals surface area contributed by atoms with Gasteiger partial charge in [-0.3, -0.25) is 4.79 Å². The van der Waals surface area contributed by atoms with Crippen LogP contribution in [-0.2, 0) is 13.0 Å². The summed E-state index contributed by atoms with van der Waals surface area (Å²) in [5.41, 5.74) is 2.77. The van der Waals surface area contributed by atoms with Crippen molar-refractivity contribution in [1.29, 1.82) is 0 Å². The summed E-state index contributed by atoms with van der Waals surface area (Å²) < 4.78 is 0. The number of pyridine rings is 1. The molecular formula is C15H13ClN2O. The fourth-order valence-electron chi connectivity index (χ4n) is 2.34. The number of rotatable bonds is 3. The van der Waals surface area contributed by atoms with Crippen molar-refractivity contribution in [3.8, 4) is 0 Å². The molecule has 0 atom stereocenters. The molecule has 0 aliphatic carbocycles. The third-order valence-corrected chi connectivity index (χ3v) is 3.71. The maximum Gasteiger partial charge on any atom is 0.254 e. The number of benzene rings is 1. The molecule has 0 fully saturated rings. The van der Waals surface area contributed by atoms with Crippen molar-refractivity contribution in [2.75, 3.05) is 6.54 Å². The molecule has 0 radical (unpaired) electrons. The van der Waals surface area contributed by atoms with E-state index in [1.54, 1.807) is 12.3 Å². The highest BCUT2D eigenvalue weighted by molar-refractivity contribution is 6.30. The van der Waals surface area contributed by atoms with Gasteiger partial charge in [0.15, 0.2) is 0 Å². The van der Waals surface area contributed by atoms with E-state index in [0.717, 1.165) is 12.0 Å². The molecule has 0 unspecified atom stereocenters. The molecule has 4 heteroatoms. The lowest BCUT2D eigenvalue weighted by atomic mass is 10.1. The Morgan fingerprint density at radius 1 is 1.21 bits per heavy atom. The Bertz CT molecular complexity index is 613. The first-order valence-corrected chi connectivity index (χ1v) is 6.60. The number of hydrogen-bond acceptors (Lipinski definition) is 2. The first-order chi connectivity index (χ1) is 9.25. The average molecular weight is 273 g/mol. The molecule has 1 amide bonds. The van der Waals surface area contributed by atoms with Crippen LogP contribution >= 0.6 is 11.6 Å².